The highest BCUT2D eigenvalue weighted by atomic mass is 16.5. The number of hydrogen-bond acceptors (Lipinski definition) is 3. The maximum atomic E-state index is 12.6. The monoisotopic (exact) mass is 345 g/mol. The average molecular weight is 345 g/mol. The lowest BCUT2D eigenvalue weighted by Gasteiger charge is -2.34. The Morgan fingerprint density at radius 3 is 1.80 bits per heavy atom. The quantitative estimate of drug-likeness (QED) is 0.781. The maximum absolute atomic E-state index is 12.6. The van der Waals surface area contributed by atoms with Gasteiger partial charge in [-0.1, -0.05) is 13.8 Å². The van der Waals surface area contributed by atoms with Gasteiger partial charge in [-0.15, -0.1) is 0 Å². The topological polar surface area (TPSA) is 46.6 Å². The van der Waals surface area contributed by atoms with Crippen molar-refractivity contribution in [3.05, 3.63) is 33.4 Å². The molecule has 1 aromatic rings. The number of piperidine rings is 1. The molecule has 1 saturated heterocycles. The van der Waals surface area contributed by atoms with Gasteiger partial charge in [0.1, 0.15) is 0 Å². The van der Waals surface area contributed by atoms with E-state index in [1.807, 2.05) is 32.6 Å². The van der Waals surface area contributed by atoms with Gasteiger partial charge in [0, 0.05) is 13.1 Å². The zero-order valence-electron chi connectivity index (χ0n) is 16.7. The minimum Gasteiger partial charge on any atom is -0.452 e. The van der Waals surface area contributed by atoms with Crippen molar-refractivity contribution in [3.63, 3.8) is 0 Å². The van der Waals surface area contributed by atoms with E-state index in [0.29, 0.717) is 17.4 Å². The molecule has 1 aromatic carbocycles. The number of rotatable bonds is 3. The van der Waals surface area contributed by atoms with Crippen LogP contribution in [0.2, 0.25) is 0 Å². The summed E-state index contributed by atoms with van der Waals surface area (Å²) in [5, 5.41) is 0. The van der Waals surface area contributed by atoms with E-state index in [1.165, 1.54) is 5.56 Å². The number of carbonyl (C=O) groups excluding carboxylic acids is 2. The zero-order valence-corrected chi connectivity index (χ0v) is 16.7. The fraction of sp³-hybridized carbons (Fsp3) is 0.619. The second-order valence-corrected chi connectivity index (χ2v) is 7.82. The number of hydrogen-bond donors (Lipinski definition) is 0. The van der Waals surface area contributed by atoms with Gasteiger partial charge in [-0.05, 0) is 80.7 Å². The largest absolute Gasteiger partial charge is 0.452 e. The van der Waals surface area contributed by atoms with E-state index < -0.39 is 5.97 Å². The van der Waals surface area contributed by atoms with Gasteiger partial charge in [0.2, 0.25) is 0 Å². The lowest BCUT2D eigenvalue weighted by molar-refractivity contribution is -0.137. The minimum atomic E-state index is -0.396. The summed E-state index contributed by atoms with van der Waals surface area (Å²) < 4.78 is 5.39. The smallest absolute Gasteiger partial charge is 0.339 e. The van der Waals surface area contributed by atoms with Crippen LogP contribution in [0.5, 0.6) is 0 Å². The number of ether oxygens (including phenoxy) is 1. The van der Waals surface area contributed by atoms with E-state index in [0.717, 1.165) is 41.8 Å². The second kappa shape index (κ2) is 7.59. The molecule has 0 unspecified atom stereocenters. The molecule has 0 bridgehead atoms. The van der Waals surface area contributed by atoms with Gasteiger partial charge in [0.25, 0.3) is 5.91 Å². The van der Waals surface area contributed by atoms with E-state index >= 15 is 0 Å². The molecular weight excluding hydrogens is 314 g/mol. The van der Waals surface area contributed by atoms with Gasteiger partial charge in [0.15, 0.2) is 6.61 Å². The van der Waals surface area contributed by atoms with Crippen molar-refractivity contribution in [2.24, 2.45) is 11.8 Å². The van der Waals surface area contributed by atoms with E-state index in [4.69, 9.17) is 4.74 Å². The summed E-state index contributed by atoms with van der Waals surface area (Å²) in [5.41, 5.74) is 5.92. The zero-order chi connectivity index (χ0) is 18.9. The Kier molecular flexibility index (Phi) is 5.91. The summed E-state index contributed by atoms with van der Waals surface area (Å²) in [6.07, 6.45) is 1.14. The Labute approximate surface area is 151 Å². The van der Waals surface area contributed by atoms with Crippen molar-refractivity contribution in [1.82, 2.24) is 4.90 Å². The fourth-order valence-electron chi connectivity index (χ4n) is 3.96. The minimum absolute atomic E-state index is 0.0948. The molecule has 2 atom stereocenters. The van der Waals surface area contributed by atoms with Crippen LogP contribution in [-0.4, -0.2) is 36.5 Å². The highest BCUT2D eigenvalue weighted by molar-refractivity contribution is 5.95. The first kappa shape index (κ1) is 19.5. The lowest BCUT2D eigenvalue weighted by atomic mass is 9.90. The van der Waals surface area contributed by atoms with Gasteiger partial charge in [-0.25, -0.2) is 4.79 Å². The Morgan fingerprint density at radius 2 is 1.32 bits per heavy atom. The van der Waals surface area contributed by atoms with Crippen LogP contribution in [0.25, 0.3) is 0 Å². The number of likely N-dealkylation sites (tertiary alicyclic amines) is 1. The normalized spacial score (nSPS) is 20.5. The van der Waals surface area contributed by atoms with Crippen LogP contribution in [0.3, 0.4) is 0 Å². The van der Waals surface area contributed by atoms with Crippen LogP contribution in [-0.2, 0) is 9.53 Å². The summed E-state index contributed by atoms with van der Waals surface area (Å²) in [4.78, 5) is 26.9. The average Bonchev–Trinajstić information content (AvgIpc) is 2.55. The van der Waals surface area contributed by atoms with Crippen LogP contribution in [0.1, 0.15) is 58.4 Å². The molecule has 0 spiro atoms. The van der Waals surface area contributed by atoms with Crippen molar-refractivity contribution in [1.29, 1.82) is 0 Å². The molecule has 138 valence electrons. The van der Waals surface area contributed by atoms with E-state index in [-0.39, 0.29) is 12.5 Å². The predicted octanol–water partition coefficient (Wildman–Crippen LogP) is 3.89. The van der Waals surface area contributed by atoms with Crippen molar-refractivity contribution in [2.45, 2.75) is 54.9 Å². The molecule has 4 nitrogen and oxygen atoms in total. The Bertz CT molecular complexity index is 654. The molecule has 1 aliphatic rings. The fourth-order valence-corrected chi connectivity index (χ4v) is 3.96. The van der Waals surface area contributed by atoms with Crippen molar-refractivity contribution >= 4 is 11.9 Å². The van der Waals surface area contributed by atoms with Crippen molar-refractivity contribution < 1.29 is 14.3 Å². The molecular formula is C21H31NO3. The molecule has 0 saturated carbocycles. The SMILES string of the molecule is Cc1c(C)c(C)c(C(=O)OCC(=O)N2C[C@@H](C)C[C@H](C)C2)c(C)c1C. The van der Waals surface area contributed by atoms with Gasteiger partial charge < -0.3 is 9.64 Å². The molecule has 4 heteroatoms. The third-order valence-corrected chi connectivity index (χ3v) is 5.75. The van der Waals surface area contributed by atoms with Crippen LogP contribution < -0.4 is 0 Å². The molecule has 1 aliphatic heterocycles. The molecule has 0 N–H and O–H groups in total. The first-order valence-corrected chi connectivity index (χ1v) is 9.15. The number of benzene rings is 1. The van der Waals surface area contributed by atoms with Crippen LogP contribution in [0, 0.1) is 46.5 Å². The second-order valence-electron chi connectivity index (χ2n) is 7.82. The highest BCUT2D eigenvalue weighted by Gasteiger charge is 2.27. The summed E-state index contributed by atoms with van der Waals surface area (Å²) >= 11 is 0. The summed E-state index contributed by atoms with van der Waals surface area (Å²) in [5.74, 6) is 0.501. The lowest BCUT2D eigenvalue weighted by Crippen LogP contribution is -2.44. The Balaban J connectivity index is 2.10. The van der Waals surface area contributed by atoms with Crippen molar-refractivity contribution in [3.8, 4) is 0 Å². The molecule has 25 heavy (non-hydrogen) atoms. The van der Waals surface area contributed by atoms with E-state index in [9.17, 15) is 9.59 Å². The summed E-state index contributed by atoms with van der Waals surface area (Å²) in [7, 11) is 0. The van der Waals surface area contributed by atoms with Crippen LogP contribution >= 0.6 is 0 Å². The van der Waals surface area contributed by atoms with Gasteiger partial charge in [0.05, 0.1) is 5.56 Å². The van der Waals surface area contributed by atoms with Crippen LogP contribution in [0.4, 0.5) is 0 Å². The predicted molar refractivity (Wildman–Crippen MR) is 99.9 cm³/mol. The Morgan fingerprint density at radius 1 is 0.880 bits per heavy atom. The first-order valence-electron chi connectivity index (χ1n) is 9.15. The third-order valence-electron chi connectivity index (χ3n) is 5.75. The molecule has 0 radical (unpaired) electrons. The van der Waals surface area contributed by atoms with Gasteiger partial charge >= 0.3 is 5.97 Å². The van der Waals surface area contributed by atoms with Gasteiger partial charge in [-0.2, -0.15) is 0 Å². The summed E-state index contributed by atoms with van der Waals surface area (Å²) in [6, 6.07) is 0. The summed E-state index contributed by atoms with van der Waals surface area (Å²) in [6.45, 7) is 15.7. The molecule has 1 amide bonds. The molecule has 0 aliphatic carbocycles. The van der Waals surface area contributed by atoms with E-state index in [1.54, 1.807) is 0 Å². The maximum Gasteiger partial charge on any atom is 0.339 e. The standard InChI is InChI=1S/C21H31NO3/c1-12-8-13(2)10-22(9-12)19(23)11-25-21(24)20-17(6)15(4)14(3)16(5)18(20)7/h12-13H,8-11H2,1-7H3/t12-,13-/m0/s1. The highest BCUT2D eigenvalue weighted by Crippen LogP contribution is 2.27. The number of esters is 1. The van der Waals surface area contributed by atoms with Gasteiger partial charge in [-0.3, -0.25) is 4.79 Å². The molecule has 1 fully saturated rings. The van der Waals surface area contributed by atoms with E-state index in [2.05, 4.69) is 20.8 Å². The van der Waals surface area contributed by atoms with Crippen molar-refractivity contribution in [2.75, 3.05) is 19.7 Å². The molecule has 0 aromatic heterocycles. The number of nitrogens with zero attached hydrogens (tertiary/aromatic N) is 1. The molecule has 2 rings (SSSR count). The first-order chi connectivity index (χ1) is 11.6. The number of amides is 1. The Hall–Kier alpha value is -1.84. The number of carbonyl (C=O) groups is 2. The van der Waals surface area contributed by atoms with Crippen LogP contribution in [0.15, 0.2) is 0 Å². The third kappa shape index (κ3) is 4.05. The molecule has 1 heterocycles.